The molecule has 5 heteroatoms. The van der Waals surface area contributed by atoms with Crippen LogP contribution in [0.15, 0.2) is 16.5 Å². The summed E-state index contributed by atoms with van der Waals surface area (Å²) in [4.78, 5) is 26.2. The molecule has 2 fully saturated rings. The normalized spacial score (nSPS) is 26.6. The first-order valence-electron chi connectivity index (χ1n) is 7.25. The highest BCUT2D eigenvalue weighted by Gasteiger charge is 2.43. The Morgan fingerprint density at radius 3 is 2.80 bits per heavy atom. The van der Waals surface area contributed by atoms with Gasteiger partial charge in [-0.1, -0.05) is 0 Å². The molecule has 1 spiro atoms. The van der Waals surface area contributed by atoms with Crippen molar-refractivity contribution < 1.29 is 14.0 Å². The summed E-state index contributed by atoms with van der Waals surface area (Å²) in [6.07, 6.45) is 3.40. The Morgan fingerprint density at radius 2 is 2.15 bits per heavy atom. The molecule has 0 saturated carbocycles. The third-order valence-corrected chi connectivity index (χ3v) is 4.55. The molecule has 20 heavy (non-hydrogen) atoms. The van der Waals surface area contributed by atoms with Crippen molar-refractivity contribution in [3.05, 3.63) is 23.7 Å². The zero-order valence-electron chi connectivity index (χ0n) is 11.8. The molecule has 0 aliphatic carbocycles. The number of furan rings is 1. The predicted octanol–water partition coefficient (Wildman–Crippen LogP) is 1.72. The Kier molecular flexibility index (Phi) is 3.28. The highest BCUT2D eigenvalue weighted by Crippen LogP contribution is 2.38. The number of nitrogens with one attached hydrogen (secondary N) is 1. The summed E-state index contributed by atoms with van der Waals surface area (Å²) in [6, 6.07) is 3.53. The van der Waals surface area contributed by atoms with E-state index in [1.165, 1.54) is 0 Å². The average Bonchev–Trinajstić information content (AvgIpc) is 2.93. The topological polar surface area (TPSA) is 62.6 Å². The van der Waals surface area contributed by atoms with Crippen molar-refractivity contribution in [1.82, 2.24) is 10.2 Å². The zero-order chi connectivity index (χ0) is 14.2. The summed E-state index contributed by atoms with van der Waals surface area (Å²) >= 11 is 0. The summed E-state index contributed by atoms with van der Waals surface area (Å²) in [6.45, 7) is 3.93. The number of nitrogens with zero attached hydrogens (tertiary/aromatic N) is 1. The van der Waals surface area contributed by atoms with Gasteiger partial charge in [0, 0.05) is 19.6 Å². The van der Waals surface area contributed by atoms with Crippen molar-refractivity contribution in [2.45, 2.75) is 32.6 Å². The van der Waals surface area contributed by atoms with Crippen LogP contribution < -0.4 is 5.32 Å². The van der Waals surface area contributed by atoms with E-state index < -0.39 is 0 Å². The fourth-order valence-electron chi connectivity index (χ4n) is 3.30. The molecule has 0 aromatic carbocycles. The zero-order valence-corrected chi connectivity index (χ0v) is 11.8. The summed E-state index contributed by atoms with van der Waals surface area (Å²) in [5.41, 5.74) is -0.242. The maximum Gasteiger partial charge on any atom is 0.289 e. The largest absolute Gasteiger partial charge is 0.456 e. The van der Waals surface area contributed by atoms with E-state index in [1.54, 1.807) is 12.1 Å². The van der Waals surface area contributed by atoms with E-state index in [1.807, 2.05) is 11.8 Å². The Morgan fingerprint density at radius 1 is 1.30 bits per heavy atom. The van der Waals surface area contributed by atoms with Crippen LogP contribution in [0.5, 0.6) is 0 Å². The lowest BCUT2D eigenvalue weighted by Crippen LogP contribution is -2.35. The smallest absolute Gasteiger partial charge is 0.289 e. The second-order valence-corrected chi connectivity index (χ2v) is 5.84. The highest BCUT2D eigenvalue weighted by molar-refractivity contribution is 5.91. The fraction of sp³-hybridized carbons (Fsp3) is 0.600. The molecule has 2 aliphatic heterocycles. The molecular weight excluding hydrogens is 256 g/mol. The molecule has 0 radical (unpaired) electrons. The number of hydrogen-bond donors (Lipinski definition) is 1. The van der Waals surface area contributed by atoms with Gasteiger partial charge in [0.05, 0.1) is 5.41 Å². The van der Waals surface area contributed by atoms with Crippen LogP contribution in [-0.2, 0) is 4.79 Å². The van der Waals surface area contributed by atoms with E-state index in [0.717, 1.165) is 38.0 Å². The second-order valence-electron chi connectivity index (χ2n) is 5.84. The lowest BCUT2D eigenvalue weighted by Gasteiger charge is -2.24. The first-order chi connectivity index (χ1) is 9.61. The molecule has 1 atom stereocenters. The standard InChI is InChI=1S/C15H20N2O3/c1-11-3-4-12(20-11)13(18)17-9-2-5-15(7-10-17)6-8-16-14(15)19/h3-4H,2,5-10H2,1H3,(H,16,19)/t15-/m1/s1. The van der Waals surface area contributed by atoms with Crippen molar-refractivity contribution in [1.29, 1.82) is 0 Å². The van der Waals surface area contributed by atoms with Crippen LogP contribution in [-0.4, -0.2) is 36.3 Å². The van der Waals surface area contributed by atoms with E-state index >= 15 is 0 Å². The van der Waals surface area contributed by atoms with Crippen molar-refractivity contribution in [3.8, 4) is 0 Å². The fourth-order valence-corrected chi connectivity index (χ4v) is 3.30. The quantitative estimate of drug-likeness (QED) is 0.849. The van der Waals surface area contributed by atoms with E-state index in [0.29, 0.717) is 18.8 Å². The van der Waals surface area contributed by atoms with Crippen LogP contribution in [0.2, 0.25) is 0 Å². The molecule has 5 nitrogen and oxygen atoms in total. The number of carbonyl (C=O) groups is 2. The first-order valence-corrected chi connectivity index (χ1v) is 7.25. The van der Waals surface area contributed by atoms with Gasteiger partial charge in [0.15, 0.2) is 5.76 Å². The van der Waals surface area contributed by atoms with Crippen LogP contribution in [0.25, 0.3) is 0 Å². The van der Waals surface area contributed by atoms with Gasteiger partial charge in [-0.3, -0.25) is 9.59 Å². The van der Waals surface area contributed by atoms with E-state index in [-0.39, 0.29) is 17.2 Å². The minimum Gasteiger partial charge on any atom is -0.456 e. The summed E-state index contributed by atoms with van der Waals surface area (Å²) < 4.78 is 5.41. The van der Waals surface area contributed by atoms with Crippen molar-refractivity contribution in [2.75, 3.05) is 19.6 Å². The molecule has 1 aromatic heterocycles. The van der Waals surface area contributed by atoms with Gasteiger partial charge in [-0.05, 0) is 44.7 Å². The van der Waals surface area contributed by atoms with Gasteiger partial charge < -0.3 is 14.6 Å². The Labute approximate surface area is 118 Å². The van der Waals surface area contributed by atoms with Gasteiger partial charge in [-0.15, -0.1) is 0 Å². The average molecular weight is 276 g/mol. The monoisotopic (exact) mass is 276 g/mol. The molecule has 2 saturated heterocycles. The van der Waals surface area contributed by atoms with Gasteiger partial charge in [0.2, 0.25) is 5.91 Å². The maximum absolute atomic E-state index is 12.4. The maximum atomic E-state index is 12.4. The summed E-state index contributed by atoms with van der Waals surface area (Å²) in [7, 11) is 0. The molecule has 3 rings (SSSR count). The van der Waals surface area contributed by atoms with Crippen molar-refractivity contribution in [2.24, 2.45) is 5.41 Å². The molecule has 0 bridgehead atoms. The third-order valence-electron chi connectivity index (χ3n) is 4.55. The molecule has 2 aliphatic rings. The van der Waals surface area contributed by atoms with Crippen LogP contribution in [0, 0.1) is 12.3 Å². The van der Waals surface area contributed by atoms with Crippen molar-refractivity contribution >= 4 is 11.8 Å². The van der Waals surface area contributed by atoms with Crippen LogP contribution in [0.3, 0.4) is 0 Å². The van der Waals surface area contributed by atoms with E-state index in [9.17, 15) is 9.59 Å². The molecule has 1 aromatic rings. The van der Waals surface area contributed by atoms with E-state index in [2.05, 4.69) is 5.32 Å². The van der Waals surface area contributed by atoms with Crippen LogP contribution in [0.1, 0.15) is 42.0 Å². The summed E-state index contributed by atoms with van der Waals surface area (Å²) in [5.74, 6) is 1.25. The highest BCUT2D eigenvalue weighted by atomic mass is 16.3. The van der Waals surface area contributed by atoms with Gasteiger partial charge in [-0.2, -0.15) is 0 Å². The minimum atomic E-state index is -0.242. The Balaban J connectivity index is 1.71. The number of likely N-dealkylation sites (tertiary alicyclic amines) is 1. The second kappa shape index (κ2) is 4.96. The number of hydrogen-bond acceptors (Lipinski definition) is 3. The van der Waals surface area contributed by atoms with E-state index in [4.69, 9.17) is 4.42 Å². The molecule has 1 N–H and O–H groups in total. The number of amides is 2. The molecular formula is C15H20N2O3. The Hall–Kier alpha value is -1.78. The molecule has 108 valence electrons. The Bertz CT molecular complexity index is 537. The van der Waals surface area contributed by atoms with Gasteiger partial charge in [-0.25, -0.2) is 0 Å². The lowest BCUT2D eigenvalue weighted by molar-refractivity contribution is -0.128. The van der Waals surface area contributed by atoms with Gasteiger partial charge in [0.25, 0.3) is 5.91 Å². The van der Waals surface area contributed by atoms with Gasteiger partial charge >= 0.3 is 0 Å². The molecule has 2 amide bonds. The number of carbonyl (C=O) groups excluding carboxylic acids is 2. The predicted molar refractivity (Wildman–Crippen MR) is 73.3 cm³/mol. The molecule has 0 unspecified atom stereocenters. The lowest BCUT2D eigenvalue weighted by atomic mass is 9.79. The summed E-state index contributed by atoms with van der Waals surface area (Å²) in [5, 5.41) is 2.93. The first kappa shape index (κ1) is 13.2. The minimum absolute atomic E-state index is 0.0615. The van der Waals surface area contributed by atoms with Gasteiger partial charge in [0.1, 0.15) is 5.76 Å². The SMILES string of the molecule is Cc1ccc(C(=O)N2CCC[C@@]3(CCNC3=O)CC2)o1. The molecule has 3 heterocycles. The van der Waals surface area contributed by atoms with Crippen molar-refractivity contribution in [3.63, 3.8) is 0 Å². The third kappa shape index (κ3) is 2.21. The number of rotatable bonds is 1. The van der Waals surface area contributed by atoms with Crippen LogP contribution in [0.4, 0.5) is 0 Å². The van der Waals surface area contributed by atoms with Crippen LogP contribution >= 0.6 is 0 Å². The number of aryl methyl sites for hydroxylation is 1.